The molecule has 0 aliphatic rings. The van der Waals surface area contributed by atoms with Crippen LogP contribution in [-0.2, 0) is 6.42 Å². The molecule has 0 saturated heterocycles. The van der Waals surface area contributed by atoms with Crippen molar-refractivity contribution in [1.29, 1.82) is 0 Å². The smallest absolute Gasteiger partial charge is 0.182 e. The first-order chi connectivity index (χ1) is 10.1. The lowest BCUT2D eigenvalue weighted by Gasteiger charge is -2.18. The fourth-order valence-corrected chi connectivity index (χ4v) is 2.26. The van der Waals surface area contributed by atoms with E-state index >= 15 is 0 Å². The molecule has 110 valence electrons. The summed E-state index contributed by atoms with van der Waals surface area (Å²) in [6.45, 7) is 2.36. The number of hydrogen-bond donors (Lipinski definition) is 0. The summed E-state index contributed by atoms with van der Waals surface area (Å²) >= 11 is 0. The highest BCUT2D eigenvalue weighted by Gasteiger charge is 2.10. The minimum Gasteiger partial charge on any atom is -0.367 e. The second-order valence-electron chi connectivity index (χ2n) is 5.21. The fraction of sp³-hybridized carbons (Fsp3) is 0.278. The van der Waals surface area contributed by atoms with Crippen LogP contribution in [-0.4, -0.2) is 19.4 Å². The maximum absolute atomic E-state index is 13.2. The quantitative estimate of drug-likeness (QED) is 0.745. The fourth-order valence-electron chi connectivity index (χ4n) is 2.26. The predicted molar refractivity (Wildman–Crippen MR) is 84.4 cm³/mol. The summed E-state index contributed by atoms with van der Waals surface area (Å²) in [5.74, 6) is -0.263. The third-order valence-corrected chi connectivity index (χ3v) is 3.44. The zero-order valence-corrected chi connectivity index (χ0v) is 12.5. The number of benzene rings is 2. The molecule has 0 spiro atoms. The van der Waals surface area contributed by atoms with Crippen molar-refractivity contribution in [1.82, 2.24) is 0 Å². The monoisotopic (exact) mass is 285 g/mol. The Labute approximate surface area is 125 Å². The molecule has 0 N–H and O–H groups in total. The highest BCUT2D eigenvalue weighted by atomic mass is 19.1. The molecule has 0 amide bonds. The Bertz CT molecular complexity index is 607. The van der Waals surface area contributed by atoms with Crippen LogP contribution >= 0.6 is 0 Å². The van der Waals surface area contributed by atoms with Gasteiger partial charge in [-0.1, -0.05) is 43.7 Å². The van der Waals surface area contributed by atoms with Gasteiger partial charge in [0, 0.05) is 18.3 Å². The lowest BCUT2D eigenvalue weighted by atomic mass is 10.1. The van der Waals surface area contributed by atoms with Gasteiger partial charge in [0.05, 0.1) is 6.54 Å². The number of likely N-dealkylation sites (N-methyl/N-ethyl adjacent to an activating group) is 1. The second-order valence-corrected chi connectivity index (χ2v) is 5.21. The van der Waals surface area contributed by atoms with E-state index < -0.39 is 0 Å². The molecule has 0 unspecified atom stereocenters. The van der Waals surface area contributed by atoms with Crippen LogP contribution in [0.4, 0.5) is 10.1 Å². The van der Waals surface area contributed by atoms with E-state index in [1.54, 1.807) is 24.1 Å². The van der Waals surface area contributed by atoms with Crippen molar-refractivity contribution in [2.75, 3.05) is 18.5 Å². The van der Waals surface area contributed by atoms with Gasteiger partial charge in [-0.05, 0) is 30.2 Å². The van der Waals surface area contributed by atoms with Crippen molar-refractivity contribution in [3.63, 3.8) is 0 Å². The van der Waals surface area contributed by atoms with Crippen molar-refractivity contribution in [2.24, 2.45) is 0 Å². The van der Waals surface area contributed by atoms with Gasteiger partial charge in [0.2, 0.25) is 0 Å². The number of nitrogens with zero attached hydrogens (tertiary/aromatic N) is 1. The van der Waals surface area contributed by atoms with E-state index in [0.29, 0.717) is 11.3 Å². The van der Waals surface area contributed by atoms with Crippen LogP contribution in [0.1, 0.15) is 29.3 Å². The average molecular weight is 285 g/mol. The summed E-state index contributed by atoms with van der Waals surface area (Å²) in [5.41, 5.74) is 2.64. The van der Waals surface area contributed by atoms with E-state index in [4.69, 9.17) is 0 Å². The maximum atomic E-state index is 13.2. The summed E-state index contributed by atoms with van der Waals surface area (Å²) in [4.78, 5) is 14.0. The molecule has 2 aromatic carbocycles. The Morgan fingerprint density at radius 3 is 2.48 bits per heavy atom. The van der Waals surface area contributed by atoms with Crippen LogP contribution in [0.2, 0.25) is 0 Å². The minimum absolute atomic E-state index is 0.0322. The van der Waals surface area contributed by atoms with Gasteiger partial charge in [0.1, 0.15) is 5.82 Å². The predicted octanol–water partition coefficient (Wildman–Crippen LogP) is 4.10. The molecule has 0 atom stereocenters. The average Bonchev–Trinajstić information content (AvgIpc) is 2.48. The largest absolute Gasteiger partial charge is 0.367 e. The van der Waals surface area contributed by atoms with Crippen molar-refractivity contribution in [2.45, 2.75) is 19.8 Å². The number of aryl methyl sites for hydroxylation is 1. The number of hydrogen-bond acceptors (Lipinski definition) is 2. The van der Waals surface area contributed by atoms with Gasteiger partial charge in [0.25, 0.3) is 0 Å². The number of ketones is 1. The first-order valence-corrected chi connectivity index (χ1v) is 7.19. The normalized spacial score (nSPS) is 10.4. The van der Waals surface area contributed by atoms with E-state index in [1.165, 1.54) is 17.7 Å². The van der Waals surface area contributed by atoms with E-state index in [2.05, 4.69) is 6.92 Å². The Balaban J connectivity index is 2.03. The Hall–Kier alpha value is -2.16. The molecule has 0 radical (unpaired) electrons. The van der Waals surface area contributed by atoms with Crippen LogP contribution in [0.15, 0.2) is 48.5 Å². The summed E-state index contributed by atoms with van der Waals surface area (Å²) in [7, 11) is 1.79. The third-order valence-electron chi connectivity index (χ3n) is 3.44. The van der Waals surface area contributed by atoms with Crippen molar-refractivity contribution >= 4 is 11.5 Å². The lowest BCUT2D eigenvalue weighted by molar-refractivity contribution is 0.100. The second kappa shape index (κ2) is 7.02. The zero-order valence-electron chi connectivity index (χ0n) is 12.5. The van der Waals surface area contributed by atoms with Gasteiger partial charge in [-0.2, -0.15) is 0 Å². The molecular formula is C18H20FNO. The number of Topliss-reactive ketones (excluding diaryl/α,β-unsaturated/α-hetero) is 1. The first-order valence-electron chi connectivity index (χ1n) is 7.19. The number of carbonyl (C=O) groups is 1. The number of halogens is 1. The molecule has 0 heterocycles. The van der Waals surface area contributed by atoms with E-state index in [0.717, 1.165) is 12.8 Å². The van der Waals surface area contributed by atoms with Crippen LogP contribution in [0.25, 0.3) is 0 Å². The van der Waals surface area contributed by atoms with Gasteiger partial charge >= 0.3 is 0 Å². The molecule has 0 fully saturated rings. The molecule has 0 aliphatic carbocycles. The standard InChI is InChI=1S/C18H20FNO/c1-3-5-14-8-10-15(11-9-14)18(21)13-20(2)17-7-4-6-16(19)12-17/h4,6-12H,3,5,13H2,1-2H3. The van der Waals surface area contributed by atoms with Gasteiger partial charge < -0.3 is 4.90 Å². The summed E-state index contributed by atoms with van der Waals surface area (Å²) in [6.07, 6.45) is 2.12. The van der Waals surface area contributed by atoms with Gasteiger partial charge in [-0.15, -0.1) is 0 Å². The van der Waals surface area contributed by atoms with Crippen LogP contribution in [0, 0.1) is 5.82 Å². The van der Waals surface area contributed by atoms with E-state index in [-0.39, 0.29) is 18.1 Å². The molecule has 0 aromatic heterocycles. The molecule has 2 nitrogen and oxygen atoms in total. The SMILES string of the molecule is CCCc1ccc(C(=O)CN(C)c2cccc(F)c2)cc1. The molecule has 0 aliphatic heterocycles. The van der Waals surface area contributed by atoms with Crippen LogP contribution < -0.4 is 4.90 Å². The highest BCUT2D eigenvalue weighted by Crippen LogP contribution is 2.15. The van der Waals surface area contributed by atoms with Crippen molar-refractivity contribution in [3.8, 4) is 0 Å². The maximum Gasteiger partial charge on any atom is 0.182 e. The third kappa shape index (κ3) is 4.15. The Morgan fingerprint density at radius 2 is 1.86 bits per heavy atom. The topological polar surface area (TPSA) is 20.3 Å². The summed E-state index contributed by atoms with van der Waals surface area (Å²) < 4.78 is 13.2. The number of carbonyl (C=O) groups excluding carboxylic acids is 1. The molecule has 2 aromatic rings. The van der Waals surface area contributed by atoms with E-state index in [9.17, 15) is 9.18 Å². The molecule has 0 bridgehead atoms. The number of rotatable bonds is 6. The Morgan fingerprint density at radius 1 is 1.14 bits per heavy atom. The van der Waals surface area contributed by atoms with Crippen molar-refractivity contribution < 1.29 is 9.18 Å². The van der Waals surface area contributed by atoms with Gasteiger partial charge in [-0.25, -0.2) is 4.39 Å². The molecular weight excluding hydrogens is 265 g/mol. The van der Waals surface area contributed by atoms with Gasteiger partial charge in [0.15, 0.2) is 5.78 Å². The molecule has 21 heavy (non-hydrogen) atoms. The van der Waals surface area contributed by atoms with Crippen molar-refractivity contribution in [3.05, 3.63) is 65.5 Å². The highest BCUT2D eigenvalue weighted by molar-refractivity contribution is 5.99. The molecule has 3 heteroatoms. The lowest BCUT2D eigenvalue weighted by Crippen LogP contribution is -2.25. The summed E-state index contributed by atoms with van der Waals surface area (Å²) in [5, 5.41) is 0. The summed E-state index contributed by atoms with van der Waals surface area (Å²) in [6, 6.07) is 14.0. The van der Waals surface area contributed by atoms with Gasteiger partial charge in [-0.3, -0.25) is 4.79 Å². The van der Waals surface area contributed by atoms with E-state index in [1.807, 2.05) is 24.3 Å². The molecule has 0 saturated carbocycles. The zero-order chi connectivity index (χ0) is 15.2. The minimum atomic E-state index is -0.296. The molecule has 2 rings (SSSR count). The van der Waals surface area contributed by atoms with Crippen LogP contribution in [0.5, 0.6) is 0 Å². The first kappa shape index (κ1) is 15.2. The Kier molecular flexibility index (Phi) is 5.09. The number of anilines is 1. The van der Waals surface area contributed by atoms with Crippen LogP contribution in [0.3, 0.4) is 0 Å².